The fourth-order valence-electron chi connectivity index (χ4n) is 2.35. The van der Waals surface area contributed by atoms with E-state index in [9.17, 15) is 14.0 Å². The van der Waals surface area contributed by atoms with Crippen LogP contribution in [0, 0.1) is 5.82 Å². The summed E-state index contributed by atoms with van der Waals surface area (Å²) in [7, 11) is 0. The molecule has 1 aromatic carbocycles. The van der Waals surface area contributed by atoms with Gasteiger partial charge in [-0.15, -0.1) is 0 Å². The quantitative estimate of drug-likeness (QED) is 0.910. The van der Waals surface area contributed by atoms with Gasteiger partial charge in [0, 0.05) is 12.7 Å². The van der Waals surface area contributed by atoms with E-state index in [1.54, 1.807) is 18.3 Å². The SMILES string of the molecule is O=C(O)[C@H]1CN(C(=O)c2ccn(-c3cccc(F)c3)n2)CCO1. The average Bonchev–Trinajstić information content (AvgIpc) is 3.04. The minimum Gasteiger partial charge on any atom is -0.479 e. The van der Waals surface area contributed by atoms with Gasteiger partial charge in [-0.05, 0) is 24.3 Å². The van der Waals surface area contributed by atoms with Crippen molar-refractivity contribution in [3.05, 3.63) is 48.0 Å². The van der Waals surface area contributed by atoms with Crippen LogP contribution in [-0.2, 0) is 9.53 Å². The highest BCUT2D eigenvalue weighted by atomic mass is 19.1. The molecule has 2 heterocycles. The molecule has 1 fully saturated rings. The largest absolute Gasteiger partial charge is 0.479 e. The molecule has 0 unspecified atom stereocenters. The van der Waals surface area contributed by atoms with Crippen molar-refractivity contribution in [2.75, 3.05) is 19.7 Å². The first kappa shape index (κ1) is 15.2. The number of carboxylic acids is 1. The predicted octanol–water partition coefficient (Wildman–Crippen LogP) is 0.937. The Labute approximate surface area is 130 Å². The number of aliphatic carboxylic acids is 1. The Bertz CT molecular complexity index is 746. The van der Waals surface area contributed by atoms with E-state index in [4.69, 9.17) is 9.84 Å². The highest BCUT2D eigenvalue weighted by Gasteiger charge is 2.30. The number of benzene rings is 1. The topological polar surface area (TPSA) is 84.7 Å². The Morgan fingerprint density at radius 3 is 2.91 bits per heavy atom. The van der Waals surface area contributed by atoms with E-state index in [2.05, 4.69) is 5.10 Å². The summed E-state index contributed by atoms with van der Waals surface area (Å²) in [6.45, 7) is 0.434. The number of halogens is 1. The monoisotopic (exact) mass is 319 g/mol. The molecule has 0 aliphatic carbocycles. The molecule has 0 saturated carbocycles. The van der Waals surface area contributed by atoms with Crippen molar-refractivity contribution in [2.45, 2.75) is 6.10 Å². The molecule has 1 aromatic heterocycles. The van der Waals surface area contributed by atoms with Crippen molar-refractivity contribution in [3.63, 3.8) is 0 Å². The van der Waals surface area contributed by atoms with Crippen molar-refractivity contribution < 1.29 is 23.8 Å². The lowest BCUT2D eigenvalue weighted by molar-refractivity contribution is -0.154. The number of ether oxygens (including phenoxy) is 1. The standard InChI is InChI=1S/C15H14FN3O4/c16-10-2-1-3-11(8-10)19-5-4-12(17-19)14(20)18-6-7-23-13(9-18)15(21)22/h1-5,8,13H,6-7,9H2,(H,21,22)/t13-/m1/s1. The second-order valence-corrected chi connectivity index (χ2v) is 5.07. The van der Waals surface area contributed by atoms with E-state index < -0.39 is 17.9 Å². The van der Waals surface area contributed by atoms with E-state index >= 15 is 0 Å². The maximum absolute atomic E-state index is 13.2. The van der Waals surface area contributed by atoms with Crippen molar-refractivity contribution in [3.8, 4) is 5.69 Å². The first-order chi connectivity index (χ1) is 11.0. The summed E-state index contributed by atoms with van der Waals surface area (Å²) in [5, 5.41) is 13.1. The summed E-state index contributed by atoms with van der Waals surface area (Å²) in [4.78, 5) is 24.8. The van der Waals surface area contributed by atoms with Gasteiger partial charge in [0.2, 0.25) is 0 Å². The Balaban J connectivity index is 1.77. The van der Waals surface area contributed by atoms with Crippen LogP contribution in [-0.4, -0.2) is 57.5 Å². The molecule has 1 amide bonds. The molecule has 1 aliphatic heterocycles. The van der Waals surface area contributed by atoms with E-state index in [-0.39, 0.29) is 24.8 Å². The lowest BCUT2D eigenvalue weighted by atomic mass is 10.2. The third kappa shape index (κ3) is 3.21. The van der Waals surface area contributed by atoms with Crippen molar-refractivity contribution in [2.24, 2.45) is 0 Å². The van der Waals surface area contributed by atoms with Gasteiger partial charge in [0.05, 0.1) is 18.8 Å². The molecule has 0 radical (unpaired) electrons. The fourth-order valence-corrected chi connectivity index (χ4v) is 2.35. The number of hydrogen-bond acceptors (Lipinski definition) is 4. The van der Waals surface area contributed by atoms with Crippen LogP contribution in [0.3, 0.4) is 0 Å². The number of rotatable bonds is 3. The van der Waals surface area contributed by atoms with Crippen molar-refractivity contribution >= 4 is 11.9 Å². The first-order valence-electron chi connectivity index (χ1n) is 7.00. The zero-order chi connectivity index (χ0) is 16.4. The molecule has 23 heavy (non-hydrogen) atoms. The average molecular weight is 319 g/mol. The lowest BCUT2D eigenvalue weighted by Gasteiger charge is -2.30. The van der Waals surface area contributed by atoms with E-state index in [1.165, 1.54) is 27.8 Å². The maximum Gasteiger partial charge on any atom is 0.334 e. The van der Waals surface area contributed by atoms with E-state index in [1.807, 2.05) is 0 Å². The predicted molar refractivity (Wildman–Crippen MR) is 76.8 cm³/mol. The zero-order valence-corrected chi connectivity index (χ0v) is 12.1. The molecular formula is C15H14FN3O4. The molecule has 1 saturated heterocycles. The van der Waals surface area contributed by atoms with Crippen LogP contribution >= 0.6 is 0 Å². The third-order valence-electron chi connectivity index (χ3n) is 3.51. The van der Waals surface area contributed by atoms with Gasteiger partial charge in [0.1, 0.15) is 5.82 Å². The summed E-state index contributed by atoms with van der Waals surface area (Å²) in [5.74, 6) is -1.88. The maximum atomic E-state index is 13.2. The molecule has 0 spiro atoms. The second-order valence-electron chi connectivity index (χ2n) is 5.07. The van der Waals surface area contributed by atoms with Gasteiger partial charge in [-0.1, -0.05) is 6.07 Å². The zero-order valence-electron chi connectivity index (χ0n) is 12.1. The number of hydrogen-bond donors (Lipinski definition) is 1. The number of amides is 1. The highest BCUT2D eigenvalue weighted by Crippen LogP contribution is 2.13. The highest BCUT2D eigenvalue weighted by molar-refractivity contribution is 5.92. The first-order valence-corrected chi connectivity index (χ1v) is 7.00. The number of aromatic nitrogens is 2. The van der Waals surface area contributed by atoms with E-state index in [0.29, 0.717) is 12.2 Å². The van der Waals surface area contributed by atoms with Crippen LogP contribution in [0.25, 0.3) is 5.69 Å². The van der Waals surface area contributed by atoms with Gasteiger partial charge in [-0.2, -0.15) is 5.10 Å². The summed E-state index contributed by atoms with van der Waals surface area (Å²) in [5.41, 5.74) is 0.662. The molecule has 8 heteroatoms. The van der Waals surface area contributed by atoms with E-state index in [0.717, 1.165) is 0 Å². The molecule has 3 rings (SSSR count). The van der Waals surface area contributed by atoms with Gasteiger partial charge in [-0.3, -0.25) is 4.79 Å². The molecular weight excluding hydrogens is 305 g/mol. The van der Waals surface area contributed by atoms with Gasteiger partial charge >= 0.3 is 5.97 Å². The van der Waals surface area contributed by atoms with Crippen molar-refractivity contribution in [1.82, 2.24) is 14.7 Å². The lowest BCUT2D eigenvalue weighted by Crippen LogP contribution is -2.48. The molecule has 1 atom stereocenters. The molecule has 1 aliphatic rings. The van der Waals surface area contributed by atoms with Crippen LogP contribution in [0.5, 0.6) is 0 Å². The number of morpholine rings is 1. The smallest absolute Gasteiger partial charge is 0.334 e. The van der Waals surface area contributed by atoms with Crippen LogP contribution < -0.4 is 0 Å². The Morgan fingerprint density at radius 1 is 1.35 bits per heavy atom. The minimum absolute atomic E-state index is 0.0268. The second kappa shape index (κ2) is 6.17. The van der Waals surface area contributed by atoms with Gasteiger partial charge in [-0.25, -0.2) is 13.9 Å². The minimum atomic E-state index is -1.10. The Kier molecular flexibility index (Phi) is 4.07. The Hall–Kier alpha value is -2.74. The van der Waals surface area contributed by atoms with Crippen LogP contribution in [0.4, 0.5) is 4.39 Å². The van der Waals surface area contributed by atoms with Crippen LogP contribution in [0.2, 0.25) is 0 Å². The molecule has 120 valence electrons. The number of nitrogens with zero attached hydrogens (tertiary/aromatic N) is 3. The van der Waals surface area contributed by atoms with Gasteiger partial charge in [0.25, 0.3) is 5.91 Å². The van der Waals surface area contributed by atoms with Gasteiger partial charge < -0.3 is 14.7 Å². The molecule has 0 bridgehead atoms. The summed E-state index contributed by atoms with van der Waals surface area (Å²) in [6.07, 6.45) is 0.523. The number of carbonyl (C=O) groups excluding carboxylic acids is 1. The molecule has 1 N–H and O–H groups in total. The fraction of sp³-hybridized carbons (Fsp3) is 0.267. The van der Waals surface area contributed by atoms with Gasteiger partial charge in [0.15, 0.2) is 11.8 Å². The van der Waals surface area contributed by atoms with Crippen molar-refractivity contribution in [1.29, 1.82) is 0 Å². The number of carboxylic acid groups (broad SMARTS) is 1. The Morgan fingerprint density at radius 2 is 2.17 bits per heavy atom. The van der Waals surface area contributed by atoms with Crippen LogP contribution in [0.1, 0.15) is 10.5 Å². The molecule has 2 aromatic rings. The summed E-state index contributed by atoms with van der Waals surface area (Å²) < 4.78 is 19.7. The molecule has 7 nitrogen and oxygen atoms in total. The third-order valence-corrected chi connectivity index (χ3v) is 3.51. The normalized spacial score (nSPS) is 18.0. The summed E-state index contributed by atoms with van der Waals surface area (Å²) >= 11 is 0. The number of carbonyl (C=O) groups is 2. The van der Waals surface area contributed by atoms with Crippen LogP contribution in [0.15, 0.2) is 36.5 Å². The summed E-state index contributed by atoms with van der Waals surface area (Å²) in [6, 6.07) is 7.35.